The summed E-state index contributed by atoms with van der Waals surface area (Å²) in [4.78, 5) is 0. The maximum atomic E-state index is 9.22. The summed E-state index contributed by atoms with van der Waals surface area (Å²) >= 11 is 0. The normalized spacial score (nSPS) is 10.3. The van der Waals surface area contributed by atoms with Gasteiger partial charge in [-0.15, -0.1) is 0 Å². The van der Waals surface area contributed by atoms with Gasteiger partial charge >= 0.3 is 0 Å². The van der Waals surface area contributed by atoms with E-state index in [1.807, 2.05) is 13.0 Å². The first-order valence-electron chi connectivity index (χ1n) is 5.66. The van der Waals surface area contributed by atoms with Gasteiger partial charge in [0, 0.05) is 0 Å². The highest BCUT2D eigenvalue weighted by molar-refractivity contribution is 5.38. The van der Waals surface area contributed by atoms with Crippen LogP contribution in [0.2, 0.25) is 0 Å². The Bertz CT molecular complexity index is 295. The number of rotatable bonds is 6. The number of ether oxygens (including phenoxy) is 1. The van der Waals surface area contributed by atoms with Crippen LogP contribution in [0.15, 0.2) is 18.2 Å². The second-order valence-electron chi connectivity index (χ2n) is 3.86. The van der Waals surface area contributed by atoms with E-state index in [0.29, 0.717) is 5.75 Å². The van der Waals surface area contributed by atoms with Crippen LogP contribution in [0.5, 0.6) is 11.5 Å². The molecule has 0 atom stereocenters. The zero-order chi connectivity index (χ0) is 11.1. The average Bonchev–Trinajstić information content (AvgIpc) is 2.20. The minimum Gasteiger partial charge on any atom is -0.508 e. The van der Waals surface area contributed by atoms with Crippen molar-refractivity contribution in [2.24, 2.45) is 0 Å². The monoisotopic (exact) mass is 208 g/mol. The molecule has 2 heteroatoms. The van der Waals surface area contributed by atoms with Crippen molar-refractivity contribution in [3.05, 3.63) is 23.8 Å². The summed E-state index contributed by atoms with van der Waals surface area (Å²) in [6.07, 6.45) is 4.86. The van der Waals surface area contributed by atoms with Crippen molar-refractivity contribution in [2.75, 3.05) is 6.61 Å². The van der Waals surface area contributed by atoms with Crippen LogP contribution in [0.25, 0.3) is 0 Å². The fourth-order valence-corrected chi connectivity index (χ4v) is 1.51. The third-order valence-corrected chi connectivity index (χ3v) is 2.41. The molecule has 0 aliphatic heterocycles. The van der Waals surface area contributed by atoms with Crippen molar-refractivity contribution in [1.29, 1.82) is 0 Å². The lowest BCUT2D eigenvalue weighted by atomic mass is 10.2. The number of unbranched alkanes of at least 4 members (excludes halogenated alkanes) is 3. The molecule has 0 saturated heterocycles. The van der Waals surface area contributed by atoms with Gasteiger partial charge in [-0.1, -0.05) is 26.2 Å². The largest absolute Gasteiger partial charge is 0.508 e. The molecule has 0 unspecified atom stereocenters. The summed E-state index contributed by atoms with van der Waals surface area (Å²) in [6.45, 7) is 4.91. The Morgan fingerprint density at radius 3 is 2.67 bits per heavy atom. The highest BCUT2D eigenvalue weighted by Gasteiger charge is 1.99. The first-order chi connectivity index (χ1) is 7.24. The first kappa shape index (κ1) is 11.9. The summed E-state index contributed by atoms with van der Waals surface area (Å²) in [5.41, 5.74) is 0.991. The molecule has 0 spiro atoms. The predicted octanol–water partition coefficient (Wildman–Crippen LogP) is 3.66. The summed E-state index contributed by atoms with van der Waals surface area (Å²) < 4.78 is 5.63. The van der Waals surface area contributed by atoms with Crippen LogP contribution in [0, 0.1) is 6.92 Å². The second kappa shape index (κ2) is 6.33. The van der Waals surface area contributed by atoms with Crippen LogP contribution in [0.1, 0.15) is 38.2 Å². The number of phenolic OH excluding ortho intramolecular Hbond substituents is 1. The van der Waals surface area contributed by atoms with Crippen LogP contribution in [0.4, 0.5) is 0 Å². The summed E-state index contributed by atoms with van der Waals surface area (Å²) in [7, 11) is 0. The molecule has 0 bridgehead atoms. The smallest absolute Gasteiger partial charge is 0.122 e. The molecular weight excluding hydrogens is 188 g/mol. The van der Waals surface area contributed by atoms with Crippen LogP contribution in [-0.4, -0.2) is 11.7 Å². The zero-order valence-electron chi connectivity index (χ0n) is 9.62. The van der Waals surface area contributed by atoms with Gasteiger partial charge in [-0.3, -0.25) is 0 Å². The maximum absolute atomic E-state index is 9.22. The minimum atomic E-state index is 0.297. The Morgan fingerprint density at radius 1 is 1.20 bits per heavy atom. The van der Waals surface area contributed by atoms with Crippen LogP contribution in [-0.2, 0) is 0 Å². The first-order valence-corrected chi connectivity index (χ1v) is 5.66. The number of aromatic hydroxyl groups is 1. The Morgan fingerprint density at radius 2 is 2.00 bits per heavy atom. The van der Waals surface area contributed by atoms with Crippen LogP contribution >= 0.6 is 0 Å². The molecule has 0 heterocycles. The number of hydrogen-bond acceptors (Lipinski definition) is 2. The van der Waals surface area contributed by atoms with E-state index in [4.69, 9.17) is 4.74 Å². The van der Waals surface area contributed by atoms with E-state index < -0.39 is 0 Å². The van der Waals surface area contributed by atoms with E-state index in [2.05, 4.69) is 6.92 Å². The standard InChI is InChI=1S/C13H20O2/c1-3-4-5-6-9-15-13-8-7-12(14)10-11(13)2/h7-8,10,14H,3-6,9H2,1-2H3. The van der Waals surface area contributed by atoms with Gasteiger partial charge in [0.2, 0.25) is 0 Å². The lowest BCUT2D eigenvalue weighted by Gasteiger charge is -2.08. The SMILES string of the molecule is CCCCCCOc1ccc(O)cc1C. The van der Waals surface area contributed by atoms with E-state index in [1.165, 1.54) is 19.3 Å². The Kier molecular flexibility index (Phi) is 5.02. The van der Waals surface area contributed by atoms with E-state index >= 15 is 0 Å². The molecule has 1 aromatic carbocycles. The molecule has 84 valence electrons. The van der Waals surface area contributed by atoms with E-state index in [9.17, 15) is 5.11 Å². The lowest BCUT2D eigenvalue weighted by molar-refractivity contribution is 0.302. The minimum absolute atomic E-state index is 0.297. The molecule has 0 aliphatic rings. The molecular formula is C13H20O2. The number of aryl methyl sites for hydroxylation is 1. The Balaban J connectivity index is 2.31. The topological polar surface area (TPSA) is 29.5 Å². The third-order valence-electron chi connectivity index (χ3n) is 2.41. The van der Waals surface area contributed by atoms with Crippen molar-refractivity contribution in [3.8, 4) is 11.5 Å². The predicted molar refractivity (Wildman–Crippen MR) is 62.5 cm³/mol. The fraction of sp³-hybridized carbons (Fsp3) is 0.538. The molecule has 0 amide bonds. The van der Waals surface area contributed by atoms with Gasteiger partial charge in [-0.05, 0) is 37.1 Å². The van der Waals surface area contributed by atoms with Gasteiger partial charge in [0.05, 0.1) is 6.61 Å². The molecule has 2 nitrogen and oxygen atoms in total. The van der Waals surface area contributed by atoms with Gasteiger partial charge in [0.15, 0.2) is 0 Å². The quantitative estimate of drug-likeness (QED) is 0.723. The van der Waals surface area contributed by atoms with E-state index in [-0.39, 0.29) is 0 Å². The zero-order valence-corrected chi connectivity index (χ0v) is 9.62. The summed E-state index contributed by atoms with van der Waals surface area (Å²) in [6, 6.07) is 5.21. The van der Waals surface area contributed by atoms with E-state index in [0.717, 1.165) is 24.3 Å². The highest BCUT2D eigenvalue weighted by Crippen LogP contribution is 2.22. The van der Waals surface area contributed by atoms with Crippen LogP contribution in [0.3, 0.4) is 0 Å². The number of phenols is 1. The number of hydrogen-bond donors (Lipinski definition) is 1. The Hall–Kier alpha value is -1.18. The van der Waals surface area contributed by atoms with Gasteiger partial charge in [0.25, 0.3) is 0 Å². The van der Waals surface area contributed by atoms with Gasteiger partial charge in [-0.2, -0.15) is 0 Å². The summed E-state index contributed by atoms with van der Waals surface area (Å²) in [5.74, 6) is 1.18. The molecule has 1 N–H and O–H groups in total. The van der Waals surface area contributed by atoms with E-state index in [1.54, 1.807) is 12.1 Å². The van der Waals surface area contributed by atoms with Gasteiger partial charge in [0.1, 0.15) is 11.5 Å². The van der Waals surface area contributed by atoms with Crippen molar-refractivity contribution >= 4 is 0 Å². The molecule has 0 saturated carbocycles. The molecule has 1 aromatic rings. The van der Waals surface area contributed by atoms with Crippen molar-refractivity contribution in [1.82, 2.24) is 0 Å². The third kappa shape index (κ3) is 4.24. The summed E-state index contributed by atoms with van der Waals surface area (Å²) in [5, 5.41) is 9.22. The van der Waals surface area contributed by atoms with Crippen molar-refractivity contribution in [2.45, 2.75) is 39.5 Å². The maximum Gasteiger partial charge on any atom is 0.122 e. The van der Waals surface area contributed by atoms with Gasteiger partial charge < -0.3 is 9.84 Å². The van der Waals surface area contributed by atoms with Crippen molar-refractivity contribution < 1.29 is 9.84 Å². The highest BCUT2D eigenvalue weighted by atomic mass is 16.5. The molecule has 0 fully saturated rings. The molecule has 0 radical (unpaired) electrons. The lowest BCUT2D eigenvalue weighted by Crippen LogP contribution is -1.98. The van der Waals surface area contributed by atoms with Crippen LogP contribution < -0.4 is 4.74 Å². The molecule has 1 rings (SSSR count). The number of benzene rings is 1. The second-order valence-corrected chi connectivity index (χ2v) is 3.86. The van der Waals surface area contributed by atoms with Gasteiger partial charge in [-0.25, -0.2) is 0 Å². The molecule has 0 aliphatic carbocycles. The fourth-order valence-electron chi connectivity index (χ4n) is 1.51. The Labute approximate surface area is 91.9 Å². The van der Waals surface area contributed by atoms with Crippen molar-refractivity contribution in [3.63, 3.8) is 0 Å². The molecule has 0 aromatic heterocycles. The molecule has 15 heavy (non-hydrogen) atoms. The average molecular weight is 208 g/mol.